The minimum Gasteiger partial charge on any atom is -0.460 e. The summed E-state index contributed by atoms with van der Waals surface area (Å²) < 4.78 is 9.75. The third-order valence-electron chi connectivity index (χ3n) is 3.76. The molecule has 2 unspecified atom stereocenters. The molecule has 0 aliphatic rings. The summed E-state index contributed by atoms with van der Waals surface area (Å²) >= 11 is 0. The summed E-state index contributed by atoms with van der Waals surface area (Å²) in [6.07, 6.45) is 6.04. The van der Waals surface area contributed by atoms with Crippen LogP contribution in [-0.2, 0) is 9.53 Å². The summed E-state index contributed by atoms with van der Waals surface area (Å²) in [6.45, 7) is 17.7. The Bertz CT molecular complexity index is 464. The second-order valence-electron chi connectivity index (χ2n) is 7.44. The number of carbonyl (C=O) groups is 1. The number of rotatable bonds is 7. The molecule has 1 rings (SSSR count). The Balaban J connectivity index is 0. The standard InChI is InChI=1S/C13H24N2O.C6H12O2.C2H6/c1-4-6-11(8-7-10(3)5-2)12-9-13(14)16-15-12;1-5(7)8-6(2,3)4;1-2/h9-11H,4-8,14H2,1-3H3;1-4H3;1-2H3. The highest BCUT2D eigenvalue weighted by atomic mass is 16.6. The lowest BCUT2D eigenvalue weighted by molar-refractivity contribution is -0.151. The molecular formula is C21H42N2O3. The maximum atomic E-state index is 10.2. The second-order valence-corrected chi connectivity index (χ2v) is 7.44. The number of nitrogens with zero attached hydrogens (tertiary/aromatic N) is 1. The van der Waals surface area contributed by atoms with E-state index in [1.54, 1.807) is 0 Å². The van der Waals surface area contributed by atoms with Crippen LogP contribution in [0.1, 0.15) is 106 Å². The molecule has 154 valence electrons. The number of hydrogen-bond acceptors (Lipinski definition) is 5. The first-order chi connectivity index (χ1) is 12.1. The van der Waals surface area contributed by atoms with Crippen LogP contribution in [0.2, 0.25) is 0 Å². The Hall–Kier alpha value is -1.52. The molecule has 5 heteroatoms. The third-order valence-corrected chi connectivity index (χ3v) is 3.76. The summed E-state index contributed by atoms with van der Waals surface area (Å²) in [5, 5.41) is 4.04. The molecule has 0 bridgehead atoms. The van der Waals surface area contributed by atoms with E-state index in [4.69, 9.17) is 15.0 Å². The van der Waals surface area contributed by atoms with E-state index in [0.29, 0.717) is 11.8 Å². The van der Waals surface area contributed by atoms with Crippen molar-refractivity contribution in [1.29, 1.82) is 0 Å². The highest BCUT2D eigenvalue weighted by molar-refractivity contribution is 5.66. The van der Waals surface area contributed by atoms with Crippen molar-refractivity contribution in [3.8, 4) is 0 Å². The lowest BCUT2D eigenvalue weighted by Gasteiger charge is -2.17. The first-order valence-electron chi connectivity index (χ1n) is 10.0. The van der Waals surface area contributed by atoms with Crippen molar-refractivity contribution in [2.75, 3.05) is 5.73 Å². The van der Waals surface area contributed by atoms with E-state index in [0.717, 1.165) is 11.6 Å². The number of carbonyl (C=O) groups excluding carboxylic acids is 1. The van der Waals surface area contributed by atoms with E-state index in [9.17, 15) is 4.79 Å². The number of nitrogen functional groups attached to an aromatic ring is 1. The van der Waals surface area contributed by atoms with E-state index in [1.165, 1.54) is 39.0 Å². The Morgan fingerprint density at radius 1 is 1.23 bits per heavy atom. The molecular weight excluding hydrogens is 328 g/mol. The minimum absolute atomic E-state index is 0.225. The fourth-order valence-corrected chi connectivity index (χ4v) is 2.41. The number of ether oxygens (including phenoxy) is 1. The predicted octanol–water partition coefficient (Wildman–Crippen LogP) is 6.34. The zero-order valence-corrected chi connectivity index (χ0v) is 18.5. The number of nitrogens with two attached hydrogens (primary N) is 1. The predicted molar refractivity (Wildman–Crippen MR) is 110 cm³/mol. The molecule has 1 aromatic heterocycles. The zero-order valence-electron chi connectivity index (χ0n) is 18.5. The van der Waals surface area contributed by atoms with Crippen molar-refractivity contribution in [2.45, 2.75) is 106 Å². The molecule has 26 heavy (non-hydrogen) atoms. The number of hydrogen-bond donors (Lipinski definition) is 1. The molecule has 0 amide bonds. The van der Waals surface area contributed by atoms with Crippen molar-refractivity contribution in [3.05, 3.63) is 11.8 Å². The van der Waals surface area contributed by atoms with Crippen LogP contribution in [0, 0.1) is 5.92 Å². The molecule has 0 radical (unpaired) electrons. The van der Waals surface area contributed by atoms with Crippen LogP contribution >= 0.6 is 0 Å². The molecule has 5 nitrogen and oxygen atoms in total. The molecule has 1 aromatic rings. The van der Waals surface area contributed by atoms with Crippen LogP contribution in [0.3, 0.4) is 0 Å². The lowest BCUT2D eigenvalue weighted by Crippen LogP contribution is -2.21. The fourth-order valence-electron chi connectivity index (χ4n) is 2.41. The third kappa shape index (κ3) is 14.8. The van der Waals surface area contributed by atoms with E-state index in [2.05, 4.69) is 25.9 Å². The Kier molecular flexibility index (Phi) is 15.0. The fraction of sp³-hybridized carbons (Fsp3) is 0.810. The molecule has 2 atom stereocenters. The molecule has 1 heterocycles. The SMILES string of the molecule is CC.CC(=O)OC(C)(C)C.CCCC(CCC(C)CC)c1cc(N)on1. The van der Waals surface area contributed by atoms with E-state index >= 15 is 0 Å². The van der Waals surface area contributed by atoms with Gasteiger partial charge in [0.05, 0.1) is 5.69 Å². The van der Waals surface area contributed by atoms with Gasteiger partial charge >= 0.3 is 5.97 Å². The van der Waals surface area contributed by atoms with Gasteiger partial charge in [-0.2, -0.15) is 0 Å². The van der Waals surface area contributed by atoms with E-state index in [-0.39, 0.29) is 11.6 Å². The summed E-state index contributed by atoms with van der Waals surface area (Å²) in [7, 11) is 0. The van der Waals surface area contributed by atoms with Gasteiger partial charge in [-0.1, -0.05) is 59.0 Å². The van der Waals surface area contributed by atoms with Gasteiger partial charge in [-0.05, 0) is 39.5 Å². The van der Waals surface area contributed by atoms with Gasteiger partial charge in [-0.25, -0.2) is 0 Å². The van der Waals surface area contributed by atoms with E-state index in [1.807, 2.05) is 40.7 Å². The van der Waals surface area contributed by atoms with Crippen molar-refractivity contribution in [3.63, 3.8) is 0 Å². The second kappa shape index (κ2) is 14.6. The maximum absolute atomic E-state index is 10.2. The molecule has 0 saturated carbocycles. The smallest absolute Gasteiger partial charge is 0.303 e. The van der Waals surface area contributed by atoms with Crippen molar-refractivity contribution in [1.82, 2.24) is 5.16 Å². The highest BCUT2D eigenvalue weighted by Crippen LogP contribution is 2.28. The topological polar surface area (TPSA) is 78.4 Å². The number of esters is 1. The van der Waals surface area contributed by atoms with Crippen LogP contribution < -0.4 is 5.73 Å². The summed E-state index contributed by atoms with van der Waals surface area (Å²) in [4.78, 5) is 10.2. The van der Waals surface area contributed by atoms with Crippen LogP contribution in [0.15, 0.2) is 10.6 Å². The molecule has 0 aliphatic carbocycles. The van der Waals surface area contributed by atoms with Crippen molar-refractivity contribution in [2.24, 2.45) is 5.92 Å². The first kappa shape index (κ1) is 26.7. The van der Waals surface area contributed by atoms with Crippen LogP contribution in [0.5, 0.6) is 0 Å². The average Bonchev–Trinajstić information content (AvgIpc) is 2.97. The largest absolute Gasteiger partial charge is 0.460 e. The molecule has 0 aromatic carbocycles. The van der Waals surface area contributed by atoms with Crippen molar-refractivity contribution < 1.29 is 14.1 Å². The van der Waals surface area contributed by atoms with Gasteiger partial charge in [0.1, 0.15) is 5.60 Å². The van der Waals surface area contributed by atoms with Gasteiger partial charge in [0, 0.05) is 18.9 Å². The first-order valence-corrected chi connectivity index (χ1v) is 10.0. The van der Waals surface area contributed by atoms with Gasteiger partial charge < -0.3 is 15.0 Å². The molecule has 0 aliphatic heterocycles. The maximum Gasteiger partial charge on any atom is 0.303 e. The van der Waals surface area contributed by atoms with Gasteiger partial charge in [0.2, 0.25) is 5.88 Å². The summed E-state index contributed by atoms with van der Waals surface area (Å²) in [6, 6.07) is 1.87. The minimum atomic E-state index is -0.328. The Morgan fingerprint density at radius 3 is 2.12 bits per heavy atom. The van der Waals surface area contributed by atoms with Crippen LogP contribution in [0.4, 0.5) is 5.88 Å². The highest BCUT2D eigenvalue weighted by Gasteiger charge is 2.16. The quantitative estimate of drug-likeness (QED) is 0.566. The average molecular weight is 371 g/mol. The Labute approximate surface area is 161 Å². The van der Waals surface area contributed by atoms with Gasteiger partial charge in [0.15, 0.2) is 0 Å². The molecule has 0 fully saturated rings. The number of anilines is 1. The molecule has 2 N–H and O–H groups in total. The molecule has 0 saturated heterocycles. The van der Waals surface area contributed by atoms with Gasteiger partial charge in [-0.15, -0.1) is 0 Å². The Morgan fingerprint density at radius 2 is 1.81 bits per heavy atom. The molecule has 0 spiro atoms. The normalized spacial score (nSPS) is 12.8. The van der Waals surface area contributed by atoms with E-state index < -0.39 is 0 Å². The lowest BCUT2D eigenvalue weighted by atomic mass is 9.90. The summed E-state index contributed by atoms with van der Waals surface area (Å²) in [5.74, 6) is 1.51. The van der Waals surface area contributed by atoms with Crippen molar-refractivity contribution >= 4 is 11.9 Å². The van der Waals surface area contributed by atoms with Gasteiger partial charge in [0.25, 0.3) is 0 Å². The van der Waals surface area contributed by atoms with Gasteiger partial charge in [-0.3, -0.25) is 4.79 Å². The zero-order chi connectivity index (χ0) is 20.8. The number of aromatic nitrogens is 1. The summed E-state index contributed by atoms with van der Waals surface area (Å²) in [5.41, 5.74) is 6.27. The monoisotopic (exact) mass is 370 g/mol. The van der Waals surface area contributed by atoms with Crippen LogP contribution in [-0.4, -0.2) is 16.7 Å². The van der Waals surface area contributed by atoms with Crippen LogP contribution in [0.25, 0.3) is 0 Å².